The highest BCUT2D eigenvalue weighted by Crippen LogP contribution is 2.47. The van der Waals surface area contributed by atoms with E-state index in [0.717, 1.165) is 37.1 Å². The highest BCUT2D eigenvalue weighted by Gasteiger charge is 2.44. The highest BCUT2D eigenvalue weighted by molar-refractivity contribution is 7.99. The molecule has 1 aromatic heterocycles. The molecule has 0 bridgehead atoms. The Bertz CT molecular complexity index is 1210. The van der Waals surface area contributed by atoms with Gasteiger partial charge in [0.05, 0.1) is 11.4 Å². The van der Waals surface area contributed by atoms with Crippen LogP contribution in [0.3, 0.4) is 0 Å². The number of ether oxygens (including phenoxy) is 2. The van der Waals surface area contributed by atoms with Crippen molar-refractivity contribution in [1.82, 2.24) is 14.8 Å². The van der Waals surface area contributed by atoms with Crippen LogP contribution < -0.4 is 20.1 Å². The third kappa shape index (κ3) is 4.65. The predicted molar refractivity (Wildman–Crippen MR) is 124 cm³/mol. The number of nitrogens with zero attached hydrogens (tertiary/aromatic N) is 3. The van der Waals surface area contributed by atoms with Crippen LogP contribution in [0.4, 0.5) is 11.4 Å². The van der Waals surface area contributed by atoms with Crippen molar-refractivity contribution in [3.8, 4) is 17.2 Å². The van der Waals surface area contributed by atoms with Crippen LogP contribution in [-0.4, -0.2) is 38.1 Å². The van der Waals surface area contributed by atoms with Crippen LogP contribution in [0.15, 0.2) is 53.9 Å². The lowest BCUT2D eigenvalue weighted by Gasteiger charge is -2.21. The summed E-state index contributed by atoms with van der Waals surface area (Å²) >= 11 is 1.27. The van der Waals surface area contributed by atoms with Crippen molar-refractivity contribution in [2.24, 2.45) is 0 Å². The minimum Gasteiger partial charge on any atom is -0.448 e. The third-order valence-electron chi connectivity index (χ3n) is 5.48. The van der Waals surface area contributed by atoms with Gasteiger partial charge in [-0.1, -0.05) is 17.8 Å². The van der Waals surface area contributed by atoms with Crippen molar-refractivity contribution in [2.45, 2.75) is 43.6 Å². The number of carbonyl (C=O) groups is 2. The van der Waals surface area contributed by atoms with Gasteiger partial charge in [-0.25, -0.2) is 0 Å². The Morgan fingerprint density at radius 2 is 1.85 bits per heavy atom. The number of rotatable bonds is 6. The lowest BCUT2D eigenvalue weighted by atomic mass is 10.2. The summed E-state index contributed by atoms with van der Waals surface area (Å²) in [6.45, 7) is 1.46. The first-order valence-electron chi connectivity index (χ1n) is 10.7. The zero-order chi connectivity index (χ0) is 22.8. The quantitative estimate of drug-likeness (QED) is 0.530. The molecular formula is C23H23N5O4S. The van der Waals surface area contributed by atoms with Gasteiger partial charge in [0, 0.05) is 37.2 Å². The van der Waals surface area contributed by atoms with E-state index in [1.54, 1.807) is 23.0 Å². The number of hydrogen-bond donors (Lipinski definition) is 2. The van der Waals surface area contributed by atoms with Gasteiger partial charge in [-0.2, -0.15) is 0 Å². The van der Waals surface area contributed by atoms with Gasteiger partial charge in [0.15, 0.2) is 16.7 Å². The SMILES string of the molecule is CC(=O)Nc1cccc(-n2cnnc2SCC(=O)Nc2ccc3c(c2)OC2(CCCC2)O3)c1. The average molecular weight is 466 g/mol. The van der Waals surface area contributed by atoms with Gasteiger partial charge < -0.3 is 20.1 Å². The van der Waals surface area contributed by atoms with E-state index in [4.69, 9.17) is 9.47 Å². The summed E-state index contributed by atoms with van der Waals surface area (Å²) in [4.78, 5) is 23.9. The molecule has 2 N–H and O–H groups in total. The minimum absolute atomic E-state index is 0.149. The lowest BCUT2D eigenvalue weighted by Crippen LogP contribution is -2.34. The molecule has 3 aromatic rings. The second kappa shape index (κ2) is 8.78. The fraction of sp³-hybridized carbons (Fsp3) is 0.304. The Morgan fingerprint density at radius 1 is 1.06 bits per heavy atom. The maximum atomic E-state index is 12.6. The van der Waals surface area contributed by atoms with Crippen molar-refractivity contribution in [3.05, 3.63) is 48.8 Å². The molecule has 10 heteroatoms. The molecule has 2 amide bonds. The standard InChI is InChI=1S/C23H23N5O4S/c1-15(29)25-16-5-4-6-18(11-16)28-14-24-27-22(28)33-13-21(30)26-17-7-8-19-20(12-17)32-23(31-19)9-2-3-10-23/h4-8,11-12,14H,2-3,9-10,13H2,1H3,(H,25,29)(H,26,30). The number of thioether (sulfide) groups is 1. The van der Waals surface area contributed by atoms with Gasteiger partial charge in [-0.15, -0.1) is 10.2 Å². The van der Waals surface area contributed by atoms with Gasteiger partial charge in [0.25, 0.3) is 5.79 Å². The Balaban J connectivity index is 1.21. The molecule has 1 fully saturated rings. The summed E-state index contributed by atoms with van der Waals surface area (Å²) < 4.78 is 13.9. The molecule has 1 spiro atoms. The molecule has 2 aliphatic rings. The normalized spacial score (nSPS) is 15.5. The maximum absolute atomic E-state index is 12.6. The minimum atomic E-state index is -0.526. The molecule has 33 heavy (non-hydrogen) atoms. The summed E-state index contributed by atoms with van der Waals surface area (Å²) in [6.07, 6.45) is 5.53. The first-order valence-corrected chi connectivity index (χ1v) is 11.7. The zero-order valence-electron chi connectivity index (χ0n) is 18.0. The molecule has 5 rings (SSSR count). The summed E-state index contributed by atoms with van der Waals surface area (Å²) in [5.41, 5.74) is 2.11. The number of hydrogen-bond acceptors (Lipinski definition) is 7. The molecule has 2 aromatic carbocycles. The van der Waals surface area contributed by atoms with Crippen molar-refractivity contribution >= 4 is 35.0 Å². The largest absolute Gasteiger partial charge is 0.448 e. The van der Waals surface area contributed by atoms with Gasteiger partial charge in [0.2, 0.25) is 11.8 Å². The van der Waals surface area contributed by atoms with Crippen molar-refractivity contribution in [3.63, 3.8) is 0 Å². The van der Waals surface area contributed by atoms with Crippen LogP contribution in [0.2, 0.25) is 0 Å². The number of fused-ring (bicyclic) bond motifs is 1. The number of nitrogens with one attached hydrogen (secondary N) is 2. The van der Waals surface area contributed by atoms with E-state index in [2.05, 4.69) is 20.8 Å². The first-order chi connectivity index (χ1) is 16.0. The van der Waals surface area contributed by atoms with Crippen LogP contribution in [-0.2, 0) is 9.59 Å². The van der Waals surface area contributed by atoms with Crippen LogP contribution in [0, 0.1) is 0 Å². The van der Waals surface area contributed by atoms with Gasteiger partial charge in [-0.3, -0.25) is 14.2 Å². The van der Waals surface area contributed by atoms with E-state index in [1.807, 2.05) is 30.3 Å². The second-order valence-electron chi connectivity index (χ2n) is 8.04. The van der Waals surface area contributed by atoms with Gasteiger partial charge >= 0.3 is 0 Å². The molecule has 1 aliphatic carbocycles. The average Bonchev–Trinajstić information content (AvgIpc) is 3.51. The molecule has 0 unspecified atom stereocenters. The van der Waals surface area contributed by atoms with E-state index >= 15 is 0 Å². The predicted octanol–water partition coefficient (Wildman–Crippen LogP) is 4.00. The van der Waals surface area contributed by atoms with Gasteiger partial charge in [0.1, 0.15) is 6.33 Å². The smallest absolute Gasteiger partial charge is 0.251 e. The maximum Gasteiger partial charge on any atom is 0.251 e. The Kier molecular flexibility index (Phi) is 5.67. The molecule has 2 heterocycles. The van der Waals surface area contributed by atoms with Gasteiger partial charge in [-0.05, 0) is 43.2 Å². The molecule has 1 saturated carbocycles. The number of aromatic nitrogens is 3. The zero-order valence-corrected chi connectivity index (χ0v) is 18.9. The van der Waals surface area contributed by atoms with E-state index in [-0.39, 0.29) is 17.6 Å². The summed E-state index contributed by atoms with van der Waals surface area (Å²) in [5, 5.41) is 14.3. The topological polar surface area (TPSA) is 107 Å². The van der Waals surface area contributed by atoms with E-state index in [0.29, 0.717) is 22.3 Å². The Hall–Kier alpha value is -3.53. The Morgan fingerprint density at radius 3 is 2.67 bits per heavy atom. The molecule has 9 nitrogen and oxygen atoms in total. The molecule has 170 valence electrons. The summed E-state index contributed by atoms with van der Waals surface area (Å²) in [6, 6.07) is 12.8. The molecule has 1 aliphatic heterocycles. The number of benzene rings is 2. The van der Waals surface area contributed by atoms with Crippen molar-refractivity contribution < 1.29 is 19.1 Å². The summed E-state index contributed by atoms with van der Waals surface area (Å²) in [5.74, 6) is 0.699. The molecule has 0 saturated heterocycles. The van der Waals surface area contributed by atoms with Crippen LogP contribution >= 0.6 is 11.8 Å². The number of anilines is 2. The monoisotopic (exact) mass is 465 g/mol. The fourth-order valence-corrected chi connectivity index (χ4v) is 4.78. The number of amides is 2. The first kappa shape index (κ1) is 21.3. The molecule has 0 radical (unpaired) electrons. The van der Waals surface area contributed by atoms with Crippen LogP contribution in [0.5, 0.6) is 11.5 Å². The lowest BCUT2D eigenvalue weighted by molar-refractivity contribution is -0.114. The molecule has 0 atom stereocenters. The second-order valence-corrected chi connectivity index (χ2v) is 8.98. The van der Waals surface area contributed by atoms with Crippen LogP contribution in [0.1, 0.15) is 32.6 Å². The highest BCUT2D eigenvalue weighted by atomic mass is 32.2. The van der Waals surface area contributed by atoms with Crippen molar-refractivity contribution in [1.29, 1.82) is 0 Å². The Labute approximate surface area is 194 Å². The van der Waals surface area contributed by atoms with Crippen molar-refractivity contribution in [2.75, 3.05) is 16.4 Å². The van der Waals surface area contributed by atoms with E-state index < -0.39 is 5.79 Å². The summed E-state index contributed by atoms with van der Waals surface area (Å²) in [7, 11) is 0. The third-order valence-corrected chi connectivity index (χ3v) is 6.42. The van der Waals surface area contributed by atoms with E-state index in [1.165, 1.54) is 18.7 Å². The molecular weight excluding hydrogens is 442 g/mol. The van der Waals surface area contributed by atoms with E-state index in [9.17, 15) is 9.59 Å². The number of carbonyl (C=O) groups excluding carboxylic acids is 2. The fourth-order valence-electron chi connectivity index (χ4n) is 4.05. The van der Waals surface area contributed by atoms with Crippen LogP contribution in [0.25, 0.3) is 5.69 Å².